The summed E-state index contributed by atoms with van der Waals surface area (Å²) in [5.41, 5.74) is -0.702. The van der Waals surface area contributed by atoms with Crippen LogP contribution in [0.15, 0.2) is 35.7 Å². The van der Waals surface area contributed by atoms with Crippen molar-refractivity contribution in [1.29, 1.82) is 0 Å². The zero-order valence-corrected chi connectivity index (χ0v) is 18.9. The predicted molar refractivity (Wildman–Crippen MR) is 117 cm³/mol. The lowest BCUT2D eigenvalue weighted by atomic mass is 9.78. The van der Waals surface area contributed by atoms with E-state index >= 15 is 0 Å². The highest BCUT2D eigenvalue weighted by Gasteiger charge is 2.65. The van der Waals surface area contributed by atoms with E-state index < -0.39 is 29.1 Å². The number of nitrogens with one attached hydrogen (secondary N) is 1. The largest absolute Gasteiger partial charge is 0.459 e. The van der Waals surface area contributed by atoms with Crippen LogP contribution in [0, 0.1) is 11.3 Å². The molecule has 3 heterocycles. The molecule has 2 unspecified atom stereocenters. The van der Waals surface area contributed by atoms with Gasteiger partial charge in [0.2, 0.25) is 0 Å². The highest BCUT2D eigenvalue weighted by Crippen LogP contribution is 2.52. The lowest BCUT2D eigenvalue weighted by molar-refractivity contribution is -0.160. The van der Waals surface area contributed by atoms with Gasteiger partial charge in [0.25, 0.3) is 0 Å². The Bertz CT molecular complexity index is 946. The summed E-state index contributed by atoms with van der Waals surface area (Å²) >= 11 is 1.43. The smallest absolute Gasteiger partial charge is 0.324 e. The van der Waals surface area contributed by atoms with Gasteiger partial charge in [-0.2, -0.15) is 0 Å². The van der Waals surface area contributed by atoms with Gasteiger partial charge >= 0.3 is 11.9 Å². The van der Waals surface area contributed by atoms with Crippen molar-refractivity contribution in [3.8, 4) is 0 Å². The fourth-order valence-electron chi connectivity index (χ4n) is 4.06. The molecule has 4 rings (SSSR count). The maximum atomic E-state index is 12.9. The van der Waals surface area contributed by atoms with Crippen LogP contribution in [-0.4, -0.2) is 36.2 Å². The molecule has 0 amide bonds. The fraction of sp³-hybridized carbons (Fsp3) is 0.522. The second-order valence-electron chi connectivity index (χ2n) is 8.90. The molecule has 1 N–H and O–H groups in total. The Labute approximate surface area is 186 Å². The van der Waals surface area contributed by atoms with Crippen molar-refractivity contribution in [2.45, 2.75) is 51.7 Å². The van der Waals surface area contributed by atoms with Gasteiger partial charge in [-0.05, 0) is 31.4 Å². The summed E-state index contributed by atoms with van der Waals surface area (Å²) in [6.45, 7) is 6.97. The Kier molecular flexibility index (Phi) is 6.03. The molecule has 2 aromatic rings. The standard InChI is InChI=1S/C23H28N2O5S/c1-15(2)9-10-28-12-17-11-23(19(26)29-17)14-22(3,30-20(23)27)18-13-31-21(25-18)24-16-7-5-4-6-8-16/h4-8,13,15,17H,9-12,14H2,1-3H3,(H,24,25)/t17?,22?,23-/m0/s1. The van der Waals surface area contributed by atoms with Crippen LogP contribution in [0.4, 0.5) is 10.8 Å². The number of para-hydroxylation sites is 1. The highest BCUT2D eigenvalue weighted by atomic mass is 32.1. The topological polar surface area (TPSA) is 86.8 Å². The van der Waals surface area contributed by atoms with Crippen LogP contribution >= 0.6 is 11.3 Å². The van der Waals surface area contributed by atoms with Gasteiger partial charge < -0.3 is 19.5 Å². The number of ether oxygens (including phenoxy) is 3. The minimum absolute atomic E-state index is 0.217. The van der Waals surface area contributed by atoms with Crippen LogP contribution in [0.5, 0.6) is 0 Å². The summed E-state index contributed by atoms with van der Waals surface area (Å²) in [5, 5.41) is 5.81. The number of esters is 2. The number of carbonyl (C=O) groups excluding carboxylic acids is 2. The average molecular weight is 445 g/mol. The highest BCUT2D eigenvalue weighted by molar-refractivity contribution is 7.13. The summed E-state index contributed by atoms with van der Waals surface area (Å²) in [5.74, 6) is -0.505. The molecular weight excluding hydrogens is 416 g/mol. The molecule has 1 spiro atoms. The second kappa shape index (κ2) is 8.59. The molecule has 1 aromatic heterocycles. The van der Waals surface area contributed by atoms with Gasteiger partial charge in [-0.3, -0.25) is 9.59 Å². The number of thiazole rings is 1. The number of carbonyl (C=O) groups is 2. The van der Waals surface area contributed by atoms with Crippen molar-refractivity contribution >= 4 is 34.1 Å². The minimum Gasteiger partial charge on any atom is -0.459 e. The Balaban J connectivity index is 1.43. The number of hydrogen-bond acceptors (Lipinski definition) is 8. The monoisotopic (exact) mass is 444 g/mol. The second-order valence-corrected chi connectivity index (χ2v) is 9.76. The first-order chi connectivity index (χ1) is 14.8. The van der Waals surface area contributed by atoms with Gasteiger partial charge in [-0.25, -0.2) is 4.98 Å². The number of aromatic nitrogens is 1. The quantitative estimate of drug-likeness (QED) is 0.366. The third kappa shape index (κ3) is 4.45. The van der Waals surface area contributed by atoms with Crippen molar-refractivity contribution in [1.82, 2.24) is 4.98 Å². The first kappa shape index (κ1) is 21.8. The van der Waals surface area contributed by atoms with Gasteiger partial charge in [-0.15, -0.1) is 11.3 Å². The van der Waals surface area contributed by atoms with Crippen LogP contribution in [0.1, 0.15) is 45.7 Å². The third-order valence-corrected chi connectivity index (χ3v) is 6.56. The molecular formula is C23H28N2O5S. The zero-order valence-electron chi connectivity index (χ0n) is 18.1. The van der Waals surface area contributed by atoms with E-state index in [1.807, 2.05) is 35.7 Å². The summed E-state index contributed by atoms with van der Waals surface area (Å²) in [6.07, 6.45) is 1.01. The van der Waals surface area contributed by atoms with E-state index in [4.69, 9.17) is 14.2 Å². The Morgan fingerprint density at radius 1 is 1.26 bits per heavy atom. The van der Waals surface area contributed by atoms with Gasteiger partial charge in [0, 0.05) is 30.5 Å². The molecule has 0 aliphatic carbocycles. The number of rotatable bonds is 8. The van der Waals surface area contributed by atoms with Crippen LogP contribution in [0.3, 0.4) is 0 Å². The average Bonchev–Trinajstić information content (AvgIpc) is 3.38. The molecule has 3 atom stereocenters. The molecule has 0 bridgehead atoms. The molecule has 8 heteroatoms. The van der Waals surface area contributed by atoms with Crippen molar-refractivity contribution in [3.05, 3.63) is 41.4 Å². The van der Waals surface area contributed by atoms with E-state index in [2.05, 4.69) is 24.1 Å². The summed E-state index contributed by atoms with van der Waals surface area (Å²) in [7, 11) is 0. The lowest BCUT2D eigenvalue weighted by Crippen LogP contribution is -2.32. The SMILES string of the molecule is CC(C)CCOCC1C[C@]2(CC(C)(c3csc(Nc4ccccc4)n3)OC2=O)C(=O)O1. The maximum Gasteiger partial charge on any atom is 0.324 e. The molecule has 0 saturated carbocycles. The van der Waals surface area contributed by atoms with E-state index in [-0.39, 0.29) is 12.8 Å². The molecule has 0 radical (unpaired) electrons. The van der Waals surface area contributed by atoms with Crippen LogP contribution in [-0.2, 0) is 29.4 Å². The minimum atomic E-state index is -1.28. The Morgan fingerprint density at radius 3 is 2.77 bits per heavy atom. The third-order valence-electron chi connectivity index (χ3n) is 5.80. The van der Waals surface area contributed by atoms with Crippen molar-refractivity contribution in [3.63, 3.8) is 0 Å². The van der Waals surface area contributed by atoms with Crippen LogP contribution < -0.4 is 5.32 Å². The number of hydrogen-bond donors (Lipinski definition) is 1. The maximum absolute atomic E-state index is 12.9. The normalized spacial score (nSPS) is 27.7. The molecule has 1 aromatic carbocycles. The molecule has 2 aliphatic heterocycles. The van der Waals surface area contributed by atoms with E-state index in [0.29, 0.717) is 30.0 Å². The molecule has 2 saturated heterocycles. The lowest BCUT2D eigenvalue weighted by Gasteiger charge is -2.20. The van der Waals surface area contributed by atoms with E-state index in [9.17, 15) is 9.59 Å². The molecule has 166 valence electrons. The predicted octanol–water partition coefficient (Wildman–Crippen LogP) is 4.41. The van der Waals surface area contributed by atoms with Crippen LogP contribution in [0.25, 0.3) is 0 Å². The van der Waals surface area contributed by atoms with Gasteiger partial charge in [-0.1, -0.05) is 32.0 Å². The summed E-state index contributed by atoms with van der Waals surface area (Å²) in [4.78, 5) is 30.2. The van der Waals surface area contributed by atoms with E-state index in [1.54, 1.807) is 6.92 Å². The molecule has 31 heavy (non-hydrogen) atoms. The van der Waals surface area contributed by atoms with E-state index in [0.717, 1.165) is 12.1 Å². The first-order valence-electron chi connectivity index (χ1n) is 10.6. The van der Waals surface area contributed by atoms with Crippen molar-refractivity contribution in [2.75, 3.05) is 18.5 Å². The molecule has 2 fully saturated rings. The number of nitrogens with zero attached hydrogens (tertiary/aromatic N) is 1. The molecule has 2 aliphatic rings. The Hall–Kier alpha value is -2.45. The number of anilines is 2. The van der Waals surface area contributed by atoms with Crippen molar-refractivity contribution in [2.24, 2.45) is 11.3 Å². The zero-order chi connectivity index (χ0) is 22.1. The van der Waals surface area contributed by atoms with Crippen molar-refractivity contribution < 1.29 is 23.8 Å². The number of cyclic esters (lactones) is 2. The fourth-order valence-corrected chi connectivity index (χ4v) is 4.92. The van der Waals surface area contributed by atoms with Gasteiger partial charge in [0.1, 0.15) is 6.10 Å². The van der Waals surface area contributed by atoms with Gasteiger partial charge in [0.05, 0.1) is 12.3 Å². The summed E-state index contributed by atoms with van der Waals surface area (Å²) in [6, 6.07) is 9.72. The van der Waals surface area contributed by atoms with Crippen LogP contribution in [0.2, 0.25) is 0 Å². The Morgan fingerprint density at radius 2 is 2.03 bits per heavy atom. The molecule has 7 nitrogen and oxygen atoms in total. The number of benzene rings is 1. The first-order valence-corrected chi connectivity index (χ1v) is 11.5. The summed E-state index contributed by atoms with van der Waals surface area (Å²) < 4.78 is 16.9. The van der Waals surface area contributed by atoms with E-state index in [1.165, 1.54) is 11.3 Å². The van der Waals surface area contributed by atoms with Gasteiger partial charge in [0.15, 0.2) is 16.1 Å².